The second-order valence-corrected chi connectivity index (χ2v) is 9.36. The Morgan fingerprint density at radius 1 is 1.03 bits per heavy atom. The van der Waals surface area contributed by atoms with E-state index in [0.29, 0.717) is 46.7 Å². The number of rotatable bonds is 7. The van der Waals surface area contributed by atoms with Crippen LogP contribution in [0.3, 0.4) is 0 Å². The molecular formula is C30H24ClFN2O2. The predicted octanol–water partition coefficient (Wildman–Crippen LogP) is 7.53. The number of carbonyl (C=O) groups excluding carboxylic acids is 1. The van der Waals surface area contributed by atoms with Gasteiger partial charge in [-0.2, -0.15) is 0 Å². The Balaban J connectivity index is 1.46. The maximum absolute atomic E-state index is 14.9. The van der Waals surface area contributed by atoms with E-state index in [4.69, 9.17) is 16.4 Å². The van der Waals surface area contributed by atoms with Crippen LogP contribution in [0.4, 0.5) is 4.39 Å². The molecule has 1 atom stereocenters. The smallest absolute Gasteiger partial charge is 0.174 e. The van der Waals surface area contributed by atoms with E-state index < -0.39 is 0 Å². The fourth-order valence-electron chi connectivity index (χ4n) is 4.29. The molecule has 1 aliphatic heterocycles. The summed E-state index contributed by atoms with van der Waals surface area (Å²) < 4.78 is 14.9. The lowest BCUT2D eigenvalue weighted by atomic mass is 9.92. The Morgan fingerprint density at radius 3 is 2.58 bits per heavy atom. The number of aromatic nitrogens is 1. The molecule has 0 radical (unpaired) electrons. The van der Waals surface area contributed by atoms with E-state index in [0.717, 1.165) is 22.4 Å². The fraction of sp³-hybridized carbons (Fsp3) is 0.167. The molecule has 0 amide bonds. The van der Waals surface area contributed by atoms with Crippen molar-refractivity contribution in [3.8, 4) is 11.1 Å². The molecule has 6 heteroatoms. The zero-order chi connectivity index (χ0) is 25.1. The monoisotopic (exact) mass is 498 g/mol. The van der Waals surface area contributed by atoms with Gasteiger partial charge in [-0.25, -0.2) is 4.39 Å². The first-order valence-corrected chi connectivity index (χ1v) is 12.2. The maximum atomic E-state index is 14.9. The molecule has 0 aliphatic carbocycles. The molecule has 5 rings (SSSR count). The zero-order valence-electron chi connectivity index (χ0n) is 19.7. The Bertz CT molecular complexity index is 1440. The second kappa shape index (κ2) is 10.4. The van der Waals surface area contributed by atoms with Crippen LogP contribution in [0.25, 0.3) is 11.1 Å². The highest BCUT2D eigenvalue weighted by molar-refractivity contribution is 6.30. The Kier molecular flexibility index (Phi) is 6.92. The highest BCUT2D eigenvalue weighted by Crippen LogP contribution is 2.32. The first-order valence-electron chi connectivity index (χ1n) is 11.8. The lowest BCUT2D eigenvalue weighted by Gasteiger charge is -2.11. The SMILES string of the molecule is Cc1ccc(-c2cc(C(=O)CCc3ccc(Cl)cc3)cc(C3=NOC(c4ccccn4)C3)c2)c(F)c1. The molecular weight excluding hydrogens is 475 g/mol. The Morgan fingerprint density at radius 2 is 1.83 bits per heavy atom. The van der Waals surface area contributed by atoms with Crippen LogP contribution in [-0.2, 0) is 11.3 Å². The summed E-state index contributed by atoms with van der Waals surface area (Å²) in [7, 11) is 0. The molecule has 4 nitrogen and oxygen atoms in total. The van der Waals surface area contributed by atoms with Crippen LogP contribution in [0, 0.1) is 12.7 Å². The van der Waals surface area contributed by atoms with Crippen LogP contribution in [0.5, 0.6) is 0 Å². The number of hydrogen-bond donors (Lipinski definition) is 0. The number of benzene rings is 3. The minimum atomic E-state index is -0.331. The summed E-state index contributed by atoms with van der Waals surface area (Å²) in [4.78, 5) is 23.3. The molecule has 1 unspecified atom stereocenters. The van der Waals surface area contributed by atoms with Crippen LogP contribution in [0.2, 0.25) is 5.02 Å². The van der Waals surface area contributed by atoms with Crippen LogP contribution in [0.15, 0.2) is 90.2 Å². The van der Waals surface area contributed by atoms with Crippen LogP contribution < -0.4 is 0 Å². The highest BCUT2D eigenvalue weighted by Gasteiger charge is 2.26. The Hall–Kier alpha value is -3.83. The number of aryl methyl sites for hydroxylation is 2. The van der Waals surface area contributed by atoms with Gasteiger partial charge in [-0.15, -0.1) is 0 Å². The van der Waals surface area contributed by atoms with E-state index in [1.807, 2.05) is 67.6 Å². The molecule has 0 N–H and O–H groups in total. The highest BCUT2D eigenvalue weighted by atomic mass is 35.5. The number of pyridine rings is 1. The number of Topliss-reactive ketones (excluding diaryl/α,β-unsaturated/α-hetero) is 1. The van der Waals surface area contributed by atoms with Crippen molar-refractivity contribution in [3.63, 3.8) is 0 Å². The van der Waals surface area contributed by atoms with Crippen LogP contribution in [0.1, 0.15) is 51.7 Å². The molecule has 180 valence electrons. The molecule has 0 fully saturated rings. The first kappa shape index (κ1) is 23.9. The molecule has 3 aromatic carbocycles. The number of ketones is 1. The van der Waals surface area contributed by atoms with Crippen molar-refractivity contribution in [2.75, 3.05) is 0 Å². The summed E-state index contributed by atoms with van der Waals surface area (Å²) in [6, 6.07) is 23.7. The zero-order valence-corrected chi connectivity index (χ0v) is 20.5. The van der Waals surface area contributed by atoms with Gasteiger partial charge in [0.2, 0.25) is 0 Å². The molecule has 0 saturated carbocycles. The lowest BCUT2D eigenvalue weighted by molar-refractivity contribution is 0.0826. The summed E-state index contributed by atoms with van der Waals surface area (Å²) in [5.74, 6) is -0.357. The van der Waals surface area contributed by atoms with E-state index in [1.54, 1.807) is 18.3 Å². The molecule has 4 aromatic rings. The van der Waals surface area contributed by atoms with Gasteiger partial charge in [0.15, 0.2) is 11.9 Å². The second-order valence-electron chi connectivity index (χ2n) is 8.92. The van der Waals surface area contributed by atoms with Crippen LogP contribution >= 0.6 is 11.6 Å². The van der Waals surface area contributed by atoms with E-state index in [-0.39, 0.29) is 17.7 Å². The third-order valence-corrected chi connectivity index (χ3v) is 6.52. The van der Waals surface area contributed by atoms with E-state index >= 15 is 0 Å². The molecule has 1 aromatic heterocycles. The van der Waals surface area contributed by atoms with Gasteiger partial charge in [0.25, 0.3) is 0 Å². The molecule has 0 bridgehead atoms. The molecule has 0 saturated heterocycles. The normalized spacial score (nSPS) is 14.9. The standard InChI is InChI=1S/C30H24ClFN2O2/c1-19-5-11-25(26(32)14-19)21-15-22(28-18-30(36-34-28)27-4-2-3-13-33-27)17-23(16-21)29(35)12-8-20-6-9-24(31)10-7-20/h2-7,9-11,13-17,30H,8,12,18H2,1H3. The number of halogens is 2. The lowest BCUT2D eigenvalue weighted by Crippen LogP contribution is -2.07. The Labute approximate surface area is 214 Å². The molecule has 0 spiro atoms. The van der Waals surface area contributed by atoms with Crippen molar-refractivity contribution in [3.05, 3.63) is 124 Å². The number of carbonyl (C=O) groups is 1. The fourth-order valence-corrected chi connectivity index (χ4v) is 4.42. The van der Waals surface area contributed by atoms with Gasteiger partial charge in [-0.05, 0) is 78.6 Å². The van der Waals surface area contributed by atoms with E-state index in [2.05, 4.69) is 10.1 Å². The van der Waals surface area contributed by atoms with Gasteiger partial charge in [0.1, 0.15) is 5.82 Å². The van der Waals surface area contributed by atoms with Crippen molar-refractivity contribution in [2.24, 2.45) is 5.16 Å². The molecule has 1 aliphatic rings. The van der Waals surface area contributed by atoms with Gasteiger partial charge in [-0.1, -0.05) is 47.1 Å². The van der Waals surface area contributed by atoms with Gasteiger partial charge >= 0.3 is 0 Å². The van der Waals surface area contributed by atoms with Gasteiger partial charge < -0.3 is 4.84 Å². The largest absolute Gasteiger partial charge is 0.385 e. The van der Waals surface area contributed by atoms with Gasteiger partial charge in [0, 0.05) is 40.8 Å². The third-order valence-electron chi connectivity index (χ3n) is 6.26. The maximum Gasteiger partial charge on any atom is 0.174 e. The topological polar surface area (TPSA) is 51.5 Å². The van der Waals surface area contributed by atoms with E-state index in [1.165, 1.54) is 6.07 Å². The number of oxime groups is 1. The minimum Gasteiger partial charge on any atom is -0.385 e. The molecule has 2 heterocycles. The van der Waals surface area contributed by atoms with Gasteiger partial charge in [0.05, 0.1) is 11.4 Å². The summed E-state index contributed by atoms with van der Waals surface area (Å²) in [5.41, 5.74) is 5.67. The first-order chi connectivity index (χ1) is 17.5. The summed E-state index contributed by atoms with van der Waals surface area (Å²) in [5, 5.41) is 4.95. The van der Waals surface area contributed by atoms with Crippen LogP contribution in [-0.4, -0.2) is 16.5 Å². The average molecular weight is 499 g/mol. The van der Waals surface area contributed by atoms with Crippen molar-refractivity contribution in [2.45, 2.75) is 32.3 Å². The van der Waals surface area contributed by atoms with Gasteiger partial charge in [-0.3, -0.25) is 9.78 Å². The van der Waals surface area contributed by atoms with Crippen molar-refractivity contribution in [1.82, 2.24) is 4.98 Å². The van der Waals surface area contributed by atoms with Crippen molar-refractivity contribution >= 4 is 23.1 Å². The van der Waals surface area contributed by atoms with Crippen molar-refractivity contribution in [1.29, 1.82) is 0 Å². The quantitative estimate of drug-likeness (QED) is 0.247. The average Bonchev–Trinajstić information content (AvgIpc) is 3.39. The summed E-state index contributed by atoms with van der Waals surface area (Å²) in [6.45, 7) is 1.84. The number of hydrogen-bond acceptors (Lipinski definition) is 4. The molecule has 36 heavy (non-hydrogen) atoms. The summed E-state index contributed by atoms with van der Waals surface area (Å²) >= 11 is 5.97. The van der Waals surface area contributed by atoms with E-state index in [9.17, 15) is 9.18 Å². The van der Waals surface area contributed by atoms with Crippen molar-refractivity contribution < 1.29 is 14.0 Å². The third kappa shape index (κ3) is 5.37. The number of nitrogens with zero attached hydrogens (tertiary/aromatic N) is 2. The summed E-state index contributed by atoms with van der Waals surface area (Å²) in [6.07, 6.45) is 2.83. The minimum absolute atomic E-state index is 0.0265. The predicted molar refractivity (Wildman–Crippen MR) is 140 cm³/mol.